The number of ether oxygens (including phenoxy) is 1. The fourth-order valence-electron chi connectivity index (χ4n) is 1.66. The van der Waals surface area contributed by atoms with Gasteiger partial charge in [-0.1, -0.05) is 12.1 Å². The average Bonchev–Trinajstić information content (AvgIpc) is 2.76. The Labute approximate surface area is 105 Å². The lowest BCUT2D eigenvalue weighted by atomic mass is 10.1. The molecule has 1 aromatic carbocycles. The molecular formula is C14H14O2S. The summed E-state index contributed by atoms with van der Waals surface area (Å²) in [6.45, 7) is 4.43. The smallest absolute Gasteiger partial charge is 0.206 e. The van der Waals surface area contributed by atoms with E-state index < -0.39 is 0 Å². The molecular weight excluding hydrogens is 232 g/mol. The monoisotopic (exact) mass is 246 g/mol. The molecule has 1 heterocycles. The molecule has 0 aliphatic heterocycles. The van der Waals surface area contributed by atoms with E-state index in [-0.39, 0.29) is 5.78 Å². The fraction of sp³-hybridized carbons (Fsp3) is 0.214. The summed E-state index contributed by atoms with van der Waals surface area (Å²) in [7, 11) is 0. The molecule has 1 aromatic heterocycles. The molecule has 2 aromatic rings. The van der Waals surface area contributed by atoms with Gasteiger partial charge in [-0.25, -0.2) is 0 Å². The average molecular weight is 246 g/mol. The standard InChI is InChI=1S/C14H14O2S/c1-3-16-12-7-5-4-6-11(12)13(15)14-10(2)8-9-17-14/h4-9H,3H2,1-2H3. The molecule has 88 valence electrons. The SMILES string of the molecule is CCOc1ccccc1C(=O)c1sccc1C. The van der Waals surface area contributed by atoms with E-state index >= 15 is 0 Å². The highest BCUT2D eigenvalue weighted by molar-refractivity contribution is 7.12. The molecule has 0 unspecified atom stereocenters. The lowest BCUT2D eigenvalue weighted by Crippen LogP contribution is -2.04. The van der Waals surface area contributed by atoms with Gasteiger partial charge in [-0.15, -0.1) is 11.3 Å². The van der Waals surface area contributed by atoms with Gasteiger partial charge in [0.25, 0.3) is 0 Å². The number of hydrogen-bond acceptors (Lipinski definition) is 3. The Kier molecular flexibility index (Phi) is 3.59. The first kappa shape index (κ1) is 11.9. The van der Waals surface area contributed by atoms with Crippen molar-refractivity contribution >= 4 is 17.1 Å². The minimum absolute atomic E-state index is 0.0431. The molecule has 0 spiro atoms. The van der Waals surface area contributed by atoms with Crippen molar-refractivity contribution in [3.8, 4) is 5.75 Å². The minimum Gasteiger partial charge on any atom is -0.493 e. The maximum atomic E-state index is 12.4. The van der Waals surface area contributed by atoms with Gasteiger partial charge in [0.2, 0.25) is 5.78 Å². The summed E-state index contributed by atoms with van der Waals surface area (Å²) in [6.07, 6.45) is 0. The molecule has 0 N–H and O–H groups in total. The second-order valence-corrected chi connectivity index (χ2v) is 4.61. The first-order valence-electron chi connectivity index (χ1n) is 5.54. The third-order valence-electron chi connectivity index (χ3n) is 2.50. The number of carbonyl (C=O) groups is 1. The quantitative estimate of drug-likeness (QED) is 0.769. The number of carbonyl (C=O) groups excluding carboxylic acids is 1. The van der Waals surface area contributed by atoms with E-state index in [1.807, 2.05) is 49.6 Å². The minimum atomic E-state index is 0.0431. The van der Waals surface area contributed by atoms with E-state index in [4.69, 9.17) is 4.74 Å². The second kappa shape index (κ2) is 5.15. The van der Waals surface area contributed by atoms with Crippen LogP contribution in [-0.2, 0) is 0 Å². The number of thiophene rings is 1. The van der Waals surface area contributed by atoms with Crippen LogP contribution in [0.2, 0.25) is 0 Å². The zero-order valence-electron chi connectivity index (χ0n) is 9.90. The third kappa shape index (κ3) is 2.39. The van der Waals surface area contributed by atoms with Crippen molar-refractivity contribution in [2.24, 2.45) is 0 Å². The van der Waals surface area contributed by atoms with Crippen LogP contribution < -0.4 is 4.74 Å². The van der Waals surface area contributed by atoms with Gasteiger partial charge in [-0.3, -0.25) is 4.79 Å². The Morgan fingerprint density at radius 3 is 2.71 bits per heavy atom. The number of rotatable bonds is 4. The lowest BCUT2D eigenvalue weighted by molar-refractivity contribution is 0.103. The summed E-state index contributed by atoms with van der Waals surface area (Å²) in [5.74, 6) is 0.703. The summed E-state index contributed by atoms with van der Waals surface area (Å²) < 4.78 is 5.48. The Balaban J connectivity index is 2.40. The summed E-state index contributed by atoms with van der Waals surface area (Å²) in [4.78, 5) is 13.1. The van der Waals surface area contributed by atoms with Crippen molar-refractivity contribution in [2.75, 3.05) is 6.61 Å². The van der Waals surface area contributed by atoms with Gasteiger partial charge < -0.3 is 4.74 Å². The van der Waals surface area contributed by atoms with Gasteiger partial charge in [0.15, 0.2) is 0 Å². The van der Waals surface area contributed by atoms with Gasteiger partial charge in [0.05, 0.1) is 17.0 Å². The fourth-order valence-corrected chi connectivity index (χ4v) is 2.54. The molecule has 0 saturated heterocycles. The summed E-state index contributed by atoms with van der Waals surface area (Å²) in [5.41, 5.74) is 1.66. The van der Waals surface area contributed by atoms with Crippen LogP contribution in [-0.4, -0.2) is 12.4 Å². The van der Waals surface area contributed by atoms with Gasteiger partial charge in [-0.05, 0) is 43.0 Å². The van der Waals surface area contributed by atoms with Crippen LogP contribution in [0.4, 0.5) is 0 Å². The Hall–Kier alpha value is -1.61. The first-order chi connectivity index (χ1) is 8.24. The summed E-state index contributed by atoms with van der Waals surface area (Å²) in [6, 6.07) is 9.34. The van der Waals surface area contributed by atoms with E-state index in [9.17, 15) is 4.79 Å². The Morgan fingerprint density at radius 1 is 1.29 bits per heavy atom. The van der Waals surface area contributed by atoms with Gasteiger partial charge in [0, 0.05) is 0 Å². The molecule has 17 heavy (non-hydrogen) atoms. The van der Waals surface area contributed by atoms with Crippen LogP contribution in [0.25, 0.3) is 0 Å². The number of hydrogen-bond donors (Lipinski definition) is 0. The van der Waals surface area contributed by atoms with Crippen molar-refractivity contribution in [3.63, 3.8) is 0 Å². The van der Waals surface area contributed by atoms with Crippen LogP contribution in [0.3, 0.4) is 0 Å². The van der Waals surface area contributed by atoms with Crippen molar-refractivity contribution in [3.05, 3.63) is 51.7 Å². The lowest BCUT2D eigenvalue weighted by Gasteiger charge is -2.08. The topological polar surface area (TPSA) is 26.3 Å². The van der Waals surface area contributed by atoms with E-state index in [2.05, 4.69) is 0 Å². The van der Waals surface area contributed by atoms with E-state index in [1.54, 1.807) is 0 Å². The van der Waals surface area contributed by atoms with Crippen molar-refractivity contribution in [2.45, 2.75) is 13.8 Å². The largest absolute Gasteiger partial charge is 0.493 e. The molecule has 0 saturated carbocycles. The molecule has 0 bridgehead atoms. The molecule has 2 rings (SSSR count). The van der Waals surface area contributed by atoms with Gasteiger partial charge >= 0.3 is 0 Å². The number of ketones is 1. The second-order valence-electron chi connectivity index (χ2n) is 3.69. The van der Waals surface area contributed by atoms with Gasteiger partial charge in [0.1, 0.15) is 5.75 Å². The predicted octanol–water partition coefficient (Wildman–Crippen LogP) is 3.69. The molecule has 0 aliphatic carbocycles. The van der Waals surface area contributed by atoms with Crippen molar-refractivity contribution in [1.82, 2.24) is 0 Å². The maximum absolute atomic E-state index is 12.4. The van der Waals surface area contributed by atoms with E-state index in [0.29, 0.717) is 17.9 Å². The van der Waals surface area contributed by atoms with Crippen LogP contribution in [0.5, 0.6) is 5.75 Å². The van der Waals surface area contributed by atoms with Crippen LogP contribution >= 0.6 is 11.3 Å². The first-order valence-corrected chi connectivity index (χ1v) is 6.42. The van der Waals surface area contributed by atoms with Crippen LogP contribution in [0.15, 0.2) is 35.7 Å². The number of para-hydroxylation sites is 1. The molecule has 0 radical (unpaired) electrons. The molecule has 0 amide bonds. The highest BCUT2D eigenvalue weighted by Gasteiger charge is 2.16. The Bertz CT molecular complexity index is 529. The third-order valence-corrected chi connectivity index (χ3v) is 3.52. The molecule has 0 aliphatic rings. The van der Waals surface area contributed by atoms with E-state index in [1.165, 1.54) is 11.3 Å². The predicted molar refractivity (Wildman–Crippen MR) is 70.1 cm³/mol. The Morgan fingerprint density at radius 2 is 2.06 bits per heavy atom. The molecule has 3 heteroatoms. The van der Waals surface area contributed by atoms with Crippen molar-refractivity contribution < 1.29 is 9.53 Å². The van der Waals surface area contributed by atoms with E-state index in [0.717, 1.165) is 10.4 Å². The summed E-state index contributed by atoms with van der Waals surface area (Å²) >= 11 is 1.47. The summed E-state index contributed by atoms with van der Waals surface area (Å²) in [5, 5.41) is 1.94. The van der Waals surface area contributed by atoms with Crippen molar-refractivity contribution in [1.29, 1.82) is 0 Å². The highest BCUT2D eigenvalue weighted by atomic mass is 32.1. The zero-order valence-corrected chi connectivity index (χ0v) is 10.7. The molecule has 2 nitrogen and oxygen atoms in total. The zero-order chi connectivity index (χ0) is 12.3. The van der Waals surface area contributed by atoms with Crippen LogP contribution in [0.1, 0.15) is 27.7 Å². The number of aryl methyl sites for hydroxylation is 1. The van der Waals surface area contributed by atoms with Gasteiger partial charge in [-0.2, -0.15) is 0 Å². The number of benzene rings is 1. The molecule has 0 fully saturated rings. The van der Waals surface area contributed by atoms with Crippen LogP contribution in [0, 0.1) is 6.92 Å². The highest BCUT2D eigenvalue weighted by Crippen LogP contribution is 2.25. The normalized spacial score (nSPS) is 10.2. The molecule has 0 atom stereocenters. The maximum Gasteiger partial charge on any atom is 0.206 e.